The minimum atomic E-state index is -0.428. The van der Waals surface area contributed by atoms with E-state index in [1.807, 2.05) is 5.43 Å². The van der Waals surface area contributed by atoms with Gasteiger partial charge in [-0.05, 0) is 5.21 Å². The zero-order chi connectivity index (χ0) is 13.1. The first-order valence-electron chi connectivity index (χ1n) is 4.72. The molecule has 0 saturated heterocycles. The fourth-order valence-corrected chi connectivity index (χ4v) is 1.49. The molecule has 0 radical (unpaired) electrons. The lowest BCUT2D eigenvalue weighted by atomic mass is 10.6. The second-order valence-corrected chi connectivity index (χ2v) is 3.97. The molecular weight excluding hydrogens is 283 g/mol. The van der Waals surface area contributed by atoms with Crippen LogP contribution >= 0.6 is 23.2 Å². The first-order chi connectivity index (χ1) is 8.60. The van der Waals surface area contributed by atoms with Gasteiger partial charge < -0.3 is 4.57 Å². The van der Waals surface area contributed by atoms with Crippen LogP contribution in [0.3, 0.4) is 0 Å². The first-order valence-corrected chi connectivity index (χ1v) is 5.48. The van der Waals surface area contributed by atoms with E-state index in [1.165, 1.54) is 6.33 Å². The van der Waals surface area contributed by atoms with Gasteiger partial charge in [0.2, 0.25) is 0 Å². The third-order valence-electron chi connectivity index (χ3n) is 1.98. The molecule has 0 saturated carbocycles. The first kappa shape index (κ1) is 12.7. The number of carbonyl (C=O) groups excluding carboxylic acids is 1. The lowest BCUT2D eigenvalue weighted by Crippen LogP contribution is -2.33. The summed E-state index contributed by atoms with van der Waals surface area (Å²) in [5.74, 6) is 4.88. The highest BCUT2D eigenvalue weighted by Crippen LogP contribution is 2.19. The zero-order valence-corrected chi connectivity index (χ0v) is 10.4. The van der Waals surface area contributed by atoms with Gasteiger partial charge in [0, 0.05) is 0 Å². The topological polar surface area (TPSA) is 117 Å². The lowest BCUT2D eigenvalue weighted by Gasteiger charge is -1.98. The molecule has 1 amide bonds. The highest BCUT2D eigenvalue weighted by atomic mass is 35.5. The van der Waals surface area contributed by atoms with Crippen molar-refractivity contribution in [3.8, 4) is 0 Å². The number of aromatic nitrogens is 6. The molecule has 0 spiro atoms. The number of nitrogens with two attached hydrogens (primary N) is 1. The van der Waals surface area contributed by atoms with Crippen LogP contribution < -0.4 is 11.3 Å². The molecule has 0 aliphatic rings. The van der Waals surface area contributed by atoms with E-state index in [9.17, 15) is 4.79 Å². The molecular formula is C7H8Cl2N8O. The van der Waals surface area contributed by atoms with Crippen LogP contribution in [-0.2, 0) is 17.9 Å². The van der Waals surface area contributed by atoms with Crippen molar-refractivity contribution < 1.29 is 4.79 Å². The fourth-order valence-electron chi connectivity index (χ4n) is 1.19. The Morgan fingerprint density at radius 2 is 2.28 bits per heavy atom. The molecule has 3 N–H and O–H groups in total. The summed E-state index contributed by atoms with van der Waals surface area (Å²) in [7, 11) is 0. The van der Waals surface area contributed by atoms with Crippen molar-refractivity contribution in [3.05, 3.63) is 22.5 Å². The normalized spacial score (nSPS) is 10.6. The average molecular weight is 291 g/mol. The van der Waals surface area contributed by atoms with Crippen molar-refractivity contribution in [1.82, 2.24) is 35.2 Å². The minimum Gasteiger partial charge on any atom is -0.312 e. The van der Waals surface area contributed by atoms with Gasteiger partial charge in [0.25, 0.3) is 5.91 Å². The van der Waals surface area contributed by atoms with Crippen LogP contribution in [-0.4, -0.2) is 35.7 Å². The maximum Gasteiger partial charge on any atom is 0.257 e. The molecule has 18 heavy (non-hydrogen) atoms. The van der Waals surface area contributed by atoms with Crippen molar-refractivity contribution in [2.24, 2.45) is 5.84 Å². The smallest absolute Gasteiger partial charge is 0.257 e. The summed E-state index contributed by atoms with van der Waals surface area (Å²) in [6, 6.07) is 0. The Hall–Kier alpha value is -1.71. The summed E-state index contributed by atoms with van der Waals surface area (Å²) in [5.41, 5.74) is 1.96. The molecule has 2 aromatic rings. The molecule has 2 aromatic heterocycles. The summed E-state index contributed by atoms with van der Waals surface area (Å²) >= 11 is 11.6. The van der Waals surface area contributed by atoms with Crippen LogP contribution in [0.25, 0.3) is 0 Å². The summed E-state index contributed by atoms with van der Waals surface area (Å²) in [5, 5.41) is 11.9. The number of imidazole rings is 1. The van der Waals surface area contributed by atoms with Gasteiger partial charge in [0.15, 0.2) is 11.0 Å². The van der Waals surface area contributed by atoms with E-state index in [0.717, 1.165) is 4.80 Å². The van der Waals surface area contributed by atoms with Crippen LogP contribution in [0.5, 0.6) is 0 Å². The third-order valence-corrected chi connectivity index (χ3v) is 2.75. The fraction of sp³-hybridized carbons (Fsp3) is 0.286. The summed E-state index contributed by atoms with van der Waals surface area (Å²) < 4.78 is 1.55. The van der Waals surface area contributed by atoms with Crippen LogP contribution in [0.2, 0.25) is 10.3 Å². The largest absolute Gasteiger partial charge is 0.312 e. The Labute approximate surface area is 111 Å². The van der Waals surface area contributed by atoms with E-state index in [4.69, 9.17) is 29.0 Å². The number of hydrogen-bond donors (Lipinski definition) is 2. The Bertz CT molecular complexity index is 564. The molecule has 11 heteroatoms. The molecule has 9 nitrogen and oxygen atoms in total. The van der Waals surface area contributed by atoms with E-state index in [-0.39, 0.29) is 23.4 Å². The Balaban J connectivity index is 2.07. The maximum absolute atomic E-state index is 11.0. The van der Waals surface area contributed by atoms with Crippen molar-refractivity contribution in [2.45, 2.75) is 13.1 Å². The standard InChI is InChI=1S/C7H8Cl2N8O/c8-6-7(9)16(3-11-6)1-4-13-15-17(14-4)2-5(18)12-10/h3H,1-2,10H2,(H,12,18). The number of rotatable bonds is 4. The highest BCUT2D eigenvalue weighted by Gasteiger charge is 2.10. The van der Waals surface area contributed by atoms with Crippen LogP contribution in [0.1, 0.15) is 5.82 Å². The van der Waals surface area contributed by atoms with E-state index in [1.54, 1.807) is 4.57 Å². The number of nitrogens with one attached hydrogen (secondary N) is 1. The predicted molar refractivity (Wildman–Crippen MR) is 61.5 cm³/mol. The van der Waals surface area contributed by atoms with E-state index < -0.39 is 5.91 Å². The zero-order valence-electron chi connectivity index (χ0n) is 8.92. The number of amides is 1. The number of halogens is 2. The molecule has 0 bridgehead atoms. The predicted octanol–water partition coefficient (Wildman–Crippen LogP) is -0.785. The van der Waals surface area contributed by atoms with E-state index >= 15 is 0 Å². The molecule has 96 valence electrons. The number of carbonyl (C=O) groups is 1. The highest BCUT2D eigenvalue weighted by molar-refractivity contribution is 6.40. The Morgan fingerprint density at radius 1 is 1.50 bits per heavy atom. The number of hydrogen-bond acceptors (Lipinski definition) is 6. The second kappa shape index (κ2) is 5.29. The van der Waals surface area contributed by atoms with Gasteiger partial charge in [-0.3, -0.25) is 10.2 Å². The van der Waals surface area contributed by atoms with Gasteiger partial charge in [-0.25, -0.2) is 10.8 Å². The summed E-state index contributed by atoms with van der Waals surface area (Å²) in [6.07, 6.45) is 1.46. The van der Waals surface area contributed by atoms with Gasteiger partial charge in [0.1, 0.15) is 11.7 Å². The van der Waals surface area contributed by atoms with Gasteiger partial charge in [-0.15, -0.1) is 10.2 Å². The molecule has 0 aliphatic carbocycles. The van der Waals surface area contributed by atoms with Crippen molar-refractivity contribution >= 4 is 29.1 Å². The molecule has 2 heterocycles. The van der Waals surface area contributed by atoms with E-state index in [2.05, 4.69) is 20.4 Å². The van der Waals surface area contributed by atoms with Crippen molar-refractivity contribution in [3.63, 3.8) is 0 Å². The average Bonchev–Trinajstić information content (AvgIpc) is 2.91. The monoisotopic (exact) mass is 290 g/mol. The minimum absolute atomic E-state index is 0.109. The second-order valence-electron chi connectivity index (χ2n) is 3.26. The third kappa shape index (κ3) is 2.75. The number of hydrazine groups is 1. The quantitative estimate of drug-likeness (QED) is 0.433. The van der Waals surface area contributed by atoms with Gasteiger partial charge >= 0.3 is 0 Å². The molecule has 0 unspecified atom stereocenters. The Kier molecular flexibility index (Phi) is 3.75. The van der Waals surface area contributed by atoms with Crippen LogP contribution in [0, 0.1) is 0 Å². The van der Waals surface area contributed by atoms with Crippen molar-refractivity contribution in [1.29, 1.82) is 0 Å². The molecule has 0 aliphatic heterocycles. The van der Waals surface area contributed by atoms with E-state index in [0.29, 0.717) is 5.82 Å². The van der Waals surface area contributed by atoms with Gasteiger partial charge in [-0.1, -0.05) is 23.2 Å². The lowest BCUT2D eigenvalue weighted by molar-refractivity contribution is -0.122. The SMILES string of the molecule is NNC(=O)Cn1nnc(Cn2cnc(Cl)c2Cl)n1. The van der Waals surface area contributed by atoms with Crippen LogP contribution in [0.15, 0.2) is 6.33 Å². The Morgan fingerprint density at radius 3 is 2.89 bits per heavy atom. The van der Waals surface area contributed by atoms with Gasteiger partial charge in [0.05, 0.1) is 12.9 Å². The summed E-state index contributed by atoms with van der Waals surface area (Å²) in [6.45, 7) is 0.144. The molecule has 2 rings (SSSR count). The molecule has 0 atom stereocenters. The maximum atomic E-state index is 11.0. The van der Waals surface area contributed by atoms with Crippen LogP contribution in [0.4, 0.5) is 0 Å². The molecule has 0 aromatic carbocycles. The van der Waals surface area contributed by atoms with Gasteiger partial charge in [-0.2, -0.15) is 4.80 Å². The van der Waals surface area contributed by atoms with Crippen molar-refractivity contribution in [2.75, 3.05) is 0 Å². The number of nitrogens with zero attached hydrogens (tertiary/aromatic N) is 6. The summed E-state index contributed by atoms with van der Waals surface area (Å²) in [4.78, 5) is 15.9. The molecule has 0 fully saturated rings. The number of tetrazole rings is 1.